The van der Waals surface area contributed by atoms with Crippen molar-refractivity contribution >= 4 is 5.97 Å². The van der Waals surface area contributed by atoms with Gasteiger partial charge in [-0.2, -0.15) is 0 Å². The molecule has 64 valence electrons. The van der Waals surface area contributed by atoms with Gasteiger partial charge in [0, 0.05) is 0 Å². The van der Waals surface area contributed by atoms with Crippen LogP contribution in [0.25, 0.3) is 0 Å². The molecular weight excluding hydrogens is 159 g/mol. The summed E-state index contributed by atoms with van der Waals surface area (Å²) in [7, 11) is 0. The van der Waals surface area contributed by atoms with Gasteiger partial charge >= 0.3 is 18.9 Å². The van der Waals surface area contributed by atoms with Crippen molar-refractivity contribution in [1.82, 2.24) is 0 Å². The maximum atomic E-state index is 10.4. The van der Waals surface area contributed by atoms with Crippen molar-refractivity contribution in [3.05, 3.63) is 35.4 Å². The zero-order valence-corrected chi connectivity index (χ0v) is 8.20. The second kappa shape index (κ2) is 5.11. The van der Waals surface area contributed by atoms with Crippen LogP contribution in [0.1, 0.15) is 35.7 Å². The first kappa shape index (κ1) is 12.3. The van der Waals surface area contributed by atoms with Gasteiger partial charge in [-0.15, -0.1) is 0 Å². The quantitative estimate of drug-likeness (QED) is 0.490. The van der Waals surface area contributed by atoms with Crippen LogP contribution < -0.4 is 24.0 Å². The number of carboxylic acids is 1. The predicted molar refractivity (Wildman–Crippen MR) is 44.9 cm³/mol. The molecule has 1 aromatic rings. The molecule has 0 heterocycles. The molecule has 0 saturated heterocycles. The molecule has 2 nitrogen and oxygen atoms in total. The largest absolute Gasteiger partial charge is 1.00 e. The molecule has 0 amide bonds. The molecule has 13 heavy (non-hydrogen) atoms. The van der Waals surface area contributed by atoms with Crippen LogP contribution in [0.3, 0.4) is 0 Å². The molecule has 1 rings (SSSR count). The smallest absolute Gasteiger partial charge is 0.545 e. The number of carbonyl (C=O) groups is 1. The van der Waals surface area contributed by atoms with E-state index in [4.69, 9.17) is 0 Å². The molecule has 0 aromatic heterocycles. The van der Waals surface area contributed by atoms with Crippen molar-refractivity contribution in [2.75, 3.05) is 0 Å². The van der Waals surface area contributed by atoms with Crippen LogP contribution in [0, 0.1) is 0 Å². The average molecular weight is 170 g/mol. The number of benzene rings is 1. The SMILES string of the molecule is CC(C)c1ccc(C(=O)[O-])cc1.[Li+]. The summed E-state index contributed by atoms with van der Waals surface area (Å²) in [6.45, 7) is 4.13. The van der Waals surface area contributed by atoms with Gasteiger partial charge in [-0.05, 0) is 17.0 Å². The van der Waals surface area contributed by atoms with Crippen molar-refractivity contribution in [3.8, 4) is 0 Å². The van der Waals surface area contributed by atoms with Gasteiger partial charge in [0.1, 0.15) is 0 Å². The molecule has 1 aromatic carbocycles. The van der Waals surface area contributed by atoms with Crippen LogP contribution in [0.15, 0.2) is 24.3 Å². The number of aromatic carboxylic acids is 1. The summed E-state index contributed by atoms with van der Waals surface area (Å²) in [5.74, 6) is -0.689. The topological polar surface area (TPSA) is 40.1 Å². The summed E-state index contributed by atoms with van der Waals surface area (Å²) in [6, 6.07) is 6.78. The van der Waals surface area contributed by atoms with Crippen molar-refractivity contribution < 1.29 is 28.8 Å². The van der Waals surface area contributed by atoms with Gasteiger partial charge in [-0.1, -0.05) is 38.1 Å². The van der Waals surface area contributed by atoms with E-state index in [9.17, 15) is 9.90 Å². The van der Waals surface area contributed by atoms with Gasteiger partial charge in [-0.3, -0.25) is 0 Å². The molecule has 3 heteroatoms. The van der Waals surface area contributed by atoms with Crippen molar-refractivity contribution in [2.45, 2.75) is 19.8 Å². The van der Waals surface area contributed by atoms with Gasteiger partial charge in [0.05, 0.1) is 5.97 Å². The molecule has 0 spiro atoms. The van der Waals surface area contributed by atoms with Gasteiger partial charge in [0.25, 0.3) is 0 Å². The molecule has 0 aliphatic carbocycles. The van der Waals surface area contributed by atoms with Gasteiger partial charge in [-0.25, -0.2) is 0 Å². The fourth-order valence-corrected chi connectivity index (χ4v) is 1.00. The third-order valence-corrected chi connectivity index (χ3v) is 1.81. The Balaban J connectivity index is 0.00000144. The fourth-order valence-electron chi connectivity index (χ4n) is 1.00. The number of hydrogen-bond acceptors (Lipinski definition) is 2. The molecule has 0 fully saturated rings. The van der Waals surface area contributed by atoms with Crippen LogP contribution in [0.2, 0.25) is 0 Å². The van der Waals surface area contributed by atoms with E-state index in [1.807, 2.05) is 12.1 Å². The first-order chi connectivity index (χ1) is 5.61. The van der Waals surface area contributed by atoms with Crippen LogP contribution in [0.5, 0.6) is 0 Å². The van der Waals surface area contributed by atoms with E-state index in [-0.39, 0.29) is 24.4 Å². The number of hydrogen-bond donors (Lipinski definition) is 0. The van der Waals surface area contributed by atoms with Gasteiger partial charge in [0.2, 0.25) is 0 Å². The van der Waals surface area contributed by atoms with E-state index >= 15 is 0 Å². The second-order valence-corrected chi connectivity index (χ2v) is 3.06. The number of carboxylic acid groups (broad SMARTS) is 1. The standard InChI is InChI=1S/C10H12O2.Li/c1-7(2)8-3-5-9(6-4-8)10(11)12;/h3-7H,1-2H3,(H,11,12);/q;+1/p-1. The summed E-state index contributed by atoms with van der Waals surface area (Å²) in [5, 5.41) is 10.4. The van der Waals surface area contributed by atoms with E-state index in [1.165, 1.54) is 0 Å². The first-order valence-corrected chi connectivity index (χ1v) is 3.92. The Hall–Kier alpha value is -0.713. The normalized spacial score (nSPS) is 9.46. The van der Waals surface area contributed by atoms with E-state index in [2.05, 4.69) is 13.8 Å². The minimum absolute atomic E-state index is 0. The second-order valence-electron chi connectivity index (χ2n) is 3.06. The summed E-state index contributed by atoms with van der Waals surface area (Å²) >= 11 is 0. The Kier molecular flexibility index (Phi) is 4.83. The Morgan fingerprint density at radius 2 is 1.69 bits per heavy atom. The molecule has 0 bridgehead atoms. The fraction of sp³-hybridized carbons (Fsp3) is 0.300. The maximum Gasteiger partial charge on any atom is 1.00 e. The Morgan fingerprint density at radius 3 is 2.00 bits per heavy atom. The minimum atomic E-state index is -1.12. The summed E-state index contributed by atoms with van der Waals surface area (Å²) in [4.78, 5) is 10.4. The van der Waals surface area contributed by atoms with E-state index in [0.717, 1.165) is 5.56 Å². The third-order valence-electron chi connectivity index (χ3n) is 1.81. The van der Waals surface area contributed by atoms with Crippen molar-refractivity contribution in [2.24, 2.45) is 0 Å². The Morgan fingerprint density at radius 1 is 1.23 bits per heavy atom. The Labute approximate surface area is 90.1 Å². The average Bonchev–Trinajstić information content (AvgIpc) is 2.04. The summed E-state index contributed by atoms with van der Waals surface area (Å²) in [6.07, 6.45) is 0. The monoisotopic (exact) mass is 170 g/mol. The first-order valence-electron chi connectivity index (χ1n) is 3.92. The van der Waals surface area contributed by atoms with Crippen LogP contribution in [-0.4, -0.2) is 5.97 Å². The molecule has 0 saturated carbocycles. The van der Waals surface area contributed by atoms with E-state index in [1.54, 1.807) is 12.1 Å². The molecule has 0 N–H and O–H groups in total. The maximum absolute atomic E-state index is 10.4. The van der Waals surface area contributed by atoms with Crippen LogP contribution >= 0.6 is 0 Å². The van der Waals surface area contributed by atoms with Crippen LogP contribution in [-0.2, 0) is 0 Å². The zero-order valence-electron chi connectivity index (χ0n) is 8.20. The van der Waals surface area contributed by atoms with Crippen molar-refractivity contribution in [3.63, 3.8) is 0 Å². The van der Waals surface area contributed by atoms with E-state index < -0.39 is 5.97 Å². The zero-order chi connectivity index (χ0) is 9.14. The summed E-state index contributed by atoms with van der Waals surface area (Å²) in [5.41, 5.74) is 1.37. The van der Waals surface area contributed by atoms with E-state index in [0.29, 0.717) is 5.92 Å². The minimum Gasteiger partial charge on any atom is -0.545 e. The predicted octanol–water partition coefficient (Wildman–Crippen LogP) is -1.82. The van der Waals surface area contributed by atoms with Crippen LogP contribution in [0.4, 0.5) is 0 Å². The van der Waals surface area contributed by atoms with Crippen molar-refractivity contribution in [1.29, 1.82) is 0 Å². The number of rotatable bonds is 2. The molecular formula is C10H11LiO2. The number of carbonyl (C=O) groups excluding carboxylic acids is 1. The molecule has 0 atom stereocenters. The van der Waals surface area contributed by atoms with Gasteiger partial charge < -0.3 is 9.90 Å². The molecule has 0 unspecified atom stereocenters. The molecule has 0 aliphatic rings. The third kappa shape index (κ3) is 3.26. The Bertz CT molecular complexity index is 277. The molecule has 0 aliphatic heterocycles. The summed E-state index contributed by atoms with van der Waals surface area (Å²) < 4.78 is 0. The molecule has 0 radical (unpaired) electrons. The van der Waals surface area contributed by atoms with Gasteiger partial charge in [0.15, 0.2) is 0 Å².